The summed E-state index contributed by atoms with van der Waals surface area (Å²) in [5.74, 6) is 0. The van der Waals surface area contributed by atoms with E-state index in [9.17, 15) is 5.53 Å². The molecule has 0 aromatic heterocycles. The molecule has 1 heterocycles. The van der Waals surface area contributed by atoms with E-state index in [0.29, 0.717) is 0 Å². The zero-order valence-corrected chi connectivity index (χ0v) is 31.0. The third-order valence-electron chi connectivity index (χ3n) is 7.96. The molecule has 256 valence electrons. The van der Waals surface area contributed by atoms with Crippen LogP contribution in [-0.4, -0.2) is 28.1 Å². The number of hydrogen-bond acceptors (Lipinski definition) is 2. The summed E-state index contributed by atoms with van der Waals surface area (Å²) < 4.78 is 1.56. The van der Waals surface area contributed by atoms with Crippen LogP contribution in [0.3, 0.4) is 0 Å². The standard InChI is InChI=1S/C36H52N2.2C2H6O.Pd/c1-5-9-13-14-15-16-26-34-33(25-12-8-4)35(31-23-17-21-29(27-31)19-10-6-2)38(37)36(34)32-24-18-22-30(28-32)20-11-7-3;2*1-2-3;/h17-18,21-24,27-28H,5-16,19-20,25-26H2,1-4H3;2*3H,2H2,1H3;. The molecule has 0 aliphatic carbocycles. The number of benzene rings is 2. The molecule has 2 N–H and O–H groups in total. The first-order chi connectivity index (χ1) is 21.5. The van der Waals surface area contributed by atoms with Crippen molar-refractivity contribution < 1.29 is 35.3 Å². The Bertz CT molecular complexity index is 1140. The molecule has 1 aliphatic heterocycles. The fourth-order valence-corrected chi connectivity index (χ4v) is 5.73. The Morgan fingerprint density at radius 3 is 1.29 bits per heavy atom. The van der Waals surface area contributed by atoms with Gasteiger partial charge < -0.3 is 15.7 Å². The van der Waals surface area contributed by atoms with E-state index in [1.54, 1.807) is 18.5 Å². The number of aryl methyl sites for hydroxylation is 2. The molecule has 45 heavy (non-hydrogen) atoms. The van der Waals surface area contributed by atoms with Gasteiger partial charge in [-0.1, -0.05) is 103 Å². The monoisotopic (exact) mass is 710 g/mol. The van der Waals surface area contributed by atoms with E-state index in [0.717, 1.165) is 61.0 Å². The van der Waals surface area contributed by atoms with Crippen LogP contribution in [0.25, 0.3) is 16.9 Å². The van der Waals surface area contributed by atoms with Crippen LogP contribution in [0.1, 0.15) is 154 Å². The topological polar surface area (TPSA) is 65.8 Å². The average molecular weight is 711 g/mol. The molecular weight excluding hydrogens is 647 g/mol. The first-order valence-electron chi connectivity index (χ1n) is 17.8. The first kappa shape index (κ1) is 43.1. The van der Waals surface area contributed by atoms with Crippen LogP contribution < -0.4 is 0 Å². The van der Waals surface area contributed by atoms with Gasteiger partial charge >= 0.3 is 0 Å². The van der Waals surface area contributed by atoms with Gasteiger partial charge in [0.05, 0.1) is 0 Å². The molecule has 0 saturated carbocycles. The van der Waals surface area contributed by atoms with Crippen molar-refractivity contribution in [3.05, 3.63) is 87.5 Å². The summed E-state index contributed by atoms with van der Waals surface area (Å²) in [4.78, 5) is 0. The van der Waals surface area contributed by atoms with E-state index in [1.807, 2.05) is 0 Å². The number of unbranched alkanes of at least 4 members (excludes halogenated alkanes) is 8. The molecule has 0 spiro atoms. The van der Waals surface area contributed by atoms with Crippen LogP contribution in [0, 0.1) is 0 Å². The smallest absolute Gasteiger partial charge is 0.211 e. The molecule has 1 aliphatic rings. The minimum atomic E-state index is 0. The zero-order chi connectivity index (χ0) is 32.6. The van der Waals surface area contributed by atoms with E-state index in [2.05, 4.69) is 76.2 Å². The van der Waals surface area contributed by atoms with Gasteiger partial charge in [-0.2, -0.15) is 0 Å². The molecule has 0 saturated heterocycles. The second kappa shape index (κ2) is 27.2. The van der Waals surface area contributed by atoms with Crippen LogP contribution >= 0.6 is 0 Å². The summed E-state index contributed by atoms with van der Waals surface area (Å²) in [7, 11) is 0. The van der Waals surface area contributed by atoms with Crippen molar-refractivity contribution >= 4 is 11.4 Å². The Hall–Kier alpha value is -1.90. The largest absolute Gasteiger partial charge is 0.493 e. The maximum absolute atomic E-state index is 11.9. The summed E-state index contributed by atoms with van der Waals surface area (Å²) in [6, 6.07) is 17.9. The molecule has 3 rings (SSSR count). The van der Waals surface area contributed by atoms with Crippen molar-refractivity contribution in [2.45, 2.75) is 144 Å². The molecule has 0 bridgehead atoms. The second-order valence-electron chi connectivity index (χ2n) is 11.8. The molecule has 2 aromatic carbocycles. The Morgan fingerprint density at radius 2 is 0.867 bits per heavy atom. The van der Waals surface area contributed by atoms with Gasteiger partial charge in [0.15, 0.2) is 0 Å². The van der Waals surface area contributed by atoms with Gasteiger partial charge in [0.1, 0.15) is 0 Å². The number of aliphatic hydroxyl groups excluding tert-OH is 2. The van der Waals surface area contributed by atoms with Gasteiger partial charge in [-0.15, -0.1) is 0 Å². The van der Waals surface area contributed by atoms with Crippen molar-refractivity contribution in [2.24, 2.45) is 0 Å². The normalized spacial score (nSPS) is 12.4. The van der Waals surface area contributed by atoms with E-state index in [1.165, 1.54) is 86.5 Å². The van der Waals surface area contributed by atoms with Crippen molar-refractivity contribution in [2.75, 3.05) is 13.2 Å². The molecule has 0 fully saturated rings. The molecule has 4 nitrogen and oxygen atoms in total. The molecule has 5 heteroatoms. The fraction of sp³-hybridized carbons (Fsp3) is 0.600. The van der Waals surface area contributed by atoms with E-state index in [4.69, 9.17) is 10.2 Å². The Balaban J connectivity index is 0.00000256. The summed E-state index contributed by atoms with van der Waals surface area (Å²) >= 11 is 0. The third-order valence-corrected chi connectivity index (χ3v) is 7.96. The molecule has 0 radical (unpaired) electrons. The predicted octanol–water partition coefficient (Wildman–Crippen LogP) is 11.5. The van der Waals surface area contributed by atoms with Gasteiger partial charge in [0, 0.05) is 55.9 Å². The molecule has 0 amide bonds. The number of nitrogens with zero attached hydrogens (tertiary/aromatic N) is 2. The minimum Gasteiger partial charge on any atom is -0.493 e. The number of aliphatic hydroxyl groups is 2. The molecular formula is C40H64N2O2Pd. The third kappa shape index (κ3) is 15.5. The van der Waals surface area contributed by atoms with Crippen molar-refractivity contribution in [3.63, 3.8) is 0 Å². The van der Waals surface area contributed by atoms with Gasteiger partial charge in [-0.3, -0.25) is 0 Å². The maximum atomic E-state index is 11.9. The minimum absolute atomic E-state index is 0. The SMILES string of the molecule is CCCCCCCCC1=C(c2cccc(CCCC)c2)[N+](=[N-])C(c2cccc(CCCC)c2)=C1CCCC.CCO.CCO.[Pd]. The number of hydrogen-bond donors (Lipinski definition) is 2. The molecule has 2 aromatic rings. The average Bonchev–Trinajstić information content (AvgIpc) is 3.31. The summed E-state index contributed by atoms with van der Waals surface area (Å²) in [5.41, 5.74) is 21.8. The summed E-state index contributed by atoms with van der Waals surface area (Å²) in [6.45, 7) is 12.9. The number of rotatable bonds is 18. The van der Waals surface area contributed by atoms with E-state index >= 15 is 0 Å². The maximum Gasteiger partial charge on any atom is 0.211 e. The van der Waals surface area contributed by atoms with Crippen LogP contribution in [-0.2, 0) is 33.3 Å². The van der Waals surface area contributed by atoms with Crippen LogP contribution in [0.4, 0.5) is 0 Å². The fourth-order valence-electron chi connectivity index (χ4n) is 5.73. The van der Waals surface area contributed by atoms with Crippen LogP contribution in [0.2, 0.25) is 0 Å². The predicted molar refractivity (Wildman–Crippen MR) is 191 cm³/mol. The van der Waals surface area contributed by atoms with Crippen molar-refractivity contribution in [3.8, 4) is 0 Å². The second-order valence-corrected chi connectivity index (χ2v) is 11.8. The van der Waals surface area contributed by atoms with Crippen LogP contribution in [0.15, 0.2) is 59.7 Å². The molecule has 0 unspecified atom stereocenters. The number of allylic oxidation sites excluding steroid dienone is 2. The Labute approximate surface area is 290 Å². The summed E-state index contributed by atoms with van der Waals surface area (Å²) in [5, 5.41) is 15.1. The Morgan fingerprint density at radius 1 is 0.511 bits per heavy atom. The van der Waals surface area contributed by atoms with Crippen LogP contribution in [0.5, 0.6) is 0 Å². The quantitative estimate of drug-likeness (QED) is 0.0919. The zero-order valence-electron chi connectivity index (χ0n) is 29.5. The first-order valence-corrected chi connectivity index (χ1v) is 17.8. The van der Waals surface area contributed by atoms with E-state index in [-0.39, 0.29) is 33.6 Å². The Kier molecular flexibility index (Phi) is 26.1. The van der Waals surface area contributed by atoms with E-state index < -0.39 is 0 Å². The van der Waals surface area contributed by atoms with Crippen molar-refractivity contribution in [1.29, 1.82) is 0 Å². The van der Waals surface area contributed by atoms with Gasteiger partial charge in [-0.25, -0.2) is 4.70 Å². The molecule has 0 atom stereocenters. The summed E-state index contributed by atoms with van der Waals surface area (Å²) in [6.07, 6.45) is 19.1. The van der Waals surface area contributed by atoms with Gasteiger partial charge in [0.2, 0.25) is 11.4 Å². The van der Waals surface area contributed by atoms with Crippen molar-refractivity contribution in [1.82, 2.24) is 0 Å². The van der Waals surface area contributed by atoms with Gasteiger partial charge in [-0.05, 0) is 101 Å². The van der Waals surface area contributed by atoms with Gasteiger partial charge in [0.25, 0.3) is 0 Å².